The maximum Gasteiger partial charge on any atom is 0.241 e. The highest BCUT2D eigenvalue weighted by Crippen LogP contribution is 2.31. The second-order valence-corrected chi connectivity index (χ2v) is 6.30. The predicted molar refractivity (Wildman–Crippen MR) is 102 cm³/mol. The van der Waals surface area contributed by atoms with Gasteiger partial charge < -0.3 is 10.2 Å². The smallest absolute Gasteiger partial charge is 0.241 e. The van der Waals surface area contributed by atoms with Crippen LogP contribution in [0.3, 0.4) is 0 Å². The summed E-state index contributed by atoms with van der Waals surface area (Å²) in [6.45, 7) is 0.940. The number of carbonyl (C=O) groups is 2. The second kappa shape index (κ2) is 9.67. The Balaban J connectivity index is 0.00000312. The fraction of sp³-hybridized carbons (Fsp3) is 0.444. The summed E-state index contributed by atoms with van der Waals surface area (Å²) >= 11 is 5.95. The van der Waals surface area contributed by atoms with Gasteiger partial charge in [-0.2, -0.15) is 0 Å². The Kier molecular flexibility index (Phi) is 8.24. The van der Waals surface area contributed by atoms with Gasteiger partial charge >= 0.3 is 0 Å². The summed E-state index contributed by atoms with van der Waals surface area (Å²) in [5.41, 5.74) is 0.818. The fourth-order valence-corrected chi connectivity index (χ4v) is 3.23. The molecule has 1 heterocycles. The van der Waals surface area contributed by atoms with E-state index in [4.69, 9.17) is 18.0 Å². The van der Waals surface area contributed by atoms with Crippen LogP contribution in [0.4, 0.5) is 0 Å². The largest absolute Gasteiger partial charge is 0.358 e. The maximum atomic E-state index is 12.7. The van der Waals surface area contributed by atoms with Crippen LogP contribution in [0.5, 0.6) is 0 Å². The maximum absolute atomic E-state index is 12.7. The summed E-state index contributed by atoms with van der Waals surface area (Å²) < 4.78 is 0. The molecule has 2 atom stereocenters. The van der Waals surface area contributed by atoms with Crippen molar-refractivity contribution in [1.29, 1.82) is 0 Å². The third-order valence-electron chi connectivity index (χ3n) is 4.30. The summed E-state index contributed by atoms with van der Waals surface area (Å²) in [5, 5.41) is 3.31. The van der Waals surface area contributed by atoms with E-state index in [0.29, 0.717) is 11.6 Å². The minimum Gasteiger partial charge on any atom is -0.358 e. The highest BCUT2D eigenvalue weighted by atomic mass is 35.5. The lowest BCUT2D eigenvalue weighted by Crippen LogP contribution is -2.48. The molecule has 1 N–H and O–H groups in total. The zero-order valence-corrected chi connectivity index (χ0v) is 15.9. The highest BCUT2D eigenvalue weighted by Gasteiger charge is 2.40. The van der Waals surface area contributed by atoms with Crippen molar-refractivity contribution in [3.05, 3.63) is 34.9 Å². The molecule has 1 aromatic carbocycles. The van der Waals surface area contributed by atoms with Crippen LogP contribution in [0.25, 0.3) is 0 Å². The lowest BCUT2D eigenvalue weighted by atomic mass is 10.0. The normalized spacial score (nSPS) is 17.9. The molecule has 25 heavy (non-hydrogen) atoms. The standard InChI is InChI=1S/C18H22ClN3O2.ClH/c1-4-11-21(3)18(24)15-6-5-12-22(15)16(17(23)20-2)13-7-9-14(19)10-8-13;/h1,7-10,15-16H,5-6,11-12H2,2-3H3,(H,20,23);1H/t15-,16+;/m0./s1. The number of hydrogen-bond acceptors (Lipinski definition) is 3. The summed E-state index contributed by atoms with van der Waals surface area (Å²) in [4.78, 5) is 28.7. The molecular weight excluding hydrogens is 361 g/mol. The summed E-state index contributed by atoms with van der Waals surface area (Å²) in [6, 6.07) is 6.29. The van der Waals surface area contributed by atoms with E-state index in [-0.39, 0.29) is 36.8 Å². The molecule has 1 aliphatic rings. The van der Waals surface area contributed by atoms with Crippen LogP contribution in [0, 0.1) is 12.3 Å². The van der Waals surface area contributed by atoms with Crippen LogP contribution in [-0.2, 0) is 9.59 Å². The number of benzene rings is 1. The molecule has 0 spiro atoms. The molecule has 0 aliphatic carbocycles. The molecule has 1 fully saturated rings. The third kappa shape index (κ3) is 4.88. The summed E-state index contributed by atoms with van der Waals surface area (Å²) in [7, 11) is 3.29. The number of likely N-dealkylation sites (N-methyl/N-ethyl adjacent to an activating group) is 2. The van der Waals surface area contributed by atoms with Crippen LogP contribution in [0.2, 0.25) is 5.02 Å². The zero-order chi connectivity index (χ0) is 17.7. The van der Waals surface area contributed by atoms with Crippen molar-refractivity contribution in [2.75, 3.05) is 27.2 Å². The van der Waals surface area contributed by atoms with E-state index in [9.17, 15) is 9.59 Å². The van der Waals surface area contributed by atoms with E-state index >= 15 is 0 Å². The second-order valence-electron chi connectivity index (χ2n) is 5.86. The number of halogens is 2. The first-order valence-corrected chi connectivity index (χ1v) is 8.28. The number of hydrogen-bond donors (Lipinski definition) is 1. The van der Waals surface area contributed by atoms with Crippen molar-refractivity contribution in [3.8, 4) is 12.3 Å². The minimum atomic E-state index is -0.525. The molecular formula is C18H23Cl2N3O2. The van der Waals surface area contributed by atoms with Gasteiger partial charge in [0.05, 0.1) is 12.6 Å². The average Bonchev–Trinajstić information content (AvgIpc) is 3.05. The van der Waals surface area contributed by atoms with E-state index in [1.807, 2.05) is 17.0 Å². The number of terminal acetylenes is 1. The van der Waals surface area contributed by atoms with E-state index < -0.39 is 6.04 Å². The van der Waals surface area contributed by atoms with Gasteiger partial charge in [0.25, 0.3) is 0 Å². The minimum absolute atomic E-state index is 0. The van der Waals surface area contributed by atoms with E-state index in [2.05, 4.69) is 11.2 Å². The number of likely N-dealkylation sites (tertiary alicyclic amines) is 1. The Morgan fingerprint density at radius 3 is 2.64 bits per heavy atom. The Morgan fingerprint density at radius 1 is 1.44 bits per heavy atom. The predicted octanol–water partition coefficient (Wildman–Crippen LogP) is 2.10. The first-order chi connectivity index (χ1) is 11.5. The highest BCUT2D eigenvalue weighted by molar-refractivity contribution is 6.30. The van der Waals surface area contributed by atoms with Crippen molar-refractivity contribution in [1.82, 2.24) is 15.1 Å². The molecule has 7 heteroatoms. The van der Waals surface area contributed by atoms with Crippen LogP contribution < -0.4 is 5.32 Å². The van der Waals surface area contributed by atoms with Crippen molar-refractivity contribution in [3.63, 3.8) is 0 Å². The fourth-order valence-electron chi connectivity index (χ4n) is 3.11. The zero-order valence-electron chi connectivity index (χ0n) is 14.4. The van der Waals surface area contributed by atoms with Gasteiger partial charge in [0.15, 0.2) is 0 Å². The third-order valence-corrected chi connectivity index (χ3v) is 4.55. The Labute approximate surface area is 160 Å². The van der Waals surface area contributed by atoms with Crippen molar-refractivity contribution in [2.45, 2.75) is 24.9 Å². The quantitative estimate of drug-likeness (QED) is 0.792. The van der Waals surface area contributed by atoms with Gasteiger partial charge in [-0.1, -0.05) is 29.7 Å². The van der Waals surface area contributed by atoms with Gasteiger partial charge in [0.2, 0.25) is 11.8 Å². The number of amides is 2. The Bertz CT molecular complexity index is 643. The molecule has 0 bridgehead atoms. The molecule has 2 amide bonds. The summed E-state index contributed by atoms with van der Waals surface area (Å²) in [6.07, 6.45) is 6.88. The average molecular weight is 384 g/mol. The van der Waals surface area contributed by atoms with Crippen molar-refractivity contribution < 1.29 is 9.59 Å². The Morgan fingerprint density at radius 2 is 2.08 bits per heavy atom. The first-order valence-electron chi connectivity index (χ1n) is 7.90. The molecule has 1 saturated heterocycles. The van der Waals surface area contributed by atoms with Crippen LogP contribution in [0.1, 0.15) is 24.4 Å². The van der Waals surface area contributed by atoms with Gasteiger partial charge in [-0.05, 0) is 30.5 Å². The topological polar surface area (TPSA) is 52.7 Å². The van der Waals surface area contributed by atoms with Crippen LogP contribution in [0.15, 0.2) is 24.3 Å². The number of rotatable bonds is 5. The molecule has 136 valence electrons. The van der Waals surface area contributed by atoms with Gasteiger partial charge in [-0.15, -0.1) is 18.8 Å². The lowest BCUT2D eigenvalue weighted by Gasteiger charge is -2.33. The molecule has 1 aliphatic heterocycles. The van der Waals surface area contributed by atoms with Gasteiger partial charge in [0.1, 0.15) is 6.04 Å². The first kappa shape index (κ1) is 21.3. The number of carbonyl (C=O) groups excluding carboxylic acids is 2. The number of nitrogens with one attached hydrogen (secondary N) is 1. The number of nitrogens with zero attached hydrogens (tertiary/aromatic N) is 2. The van der Waals surface area contributed by atoms with Gasteiger partial charge in [-0.3, -0.25) is 14.5 Å². The van der Waals surface area contributed by atoms with E-state index in [1.54, 1.807) is 26.2 Å². The van der Waals surface area contributed by atoms with Gasteiger partial charge in [0, 0.05) is 25.7 Å². The van der Waals surface area contributed by atoms with Crippen molar-refractivity contribution >= 4 is 35.8 Å². The van der Waals surface area contributed by atoms with Crippen molar-refractivity contribution in [2.24, 2.45) is 0 Å². The molecule has 2 rings (SSSR count). The molecule has 0 saturated carbocycles. The molecule has 0 radical (unpaired) electrons. The Hall–Kier alpha value is -1.74. The van der Waals surface area contributed by atoms with E-state index in [1.165, 1.54) is 4.90 Å². The molecule has 0 aromatic heterocycles. The SMILES string of the molecule is C#CCN(C)C(=O)[C@@H]1CCCN1[C@@H](C(=O)NC)c1ccc(Cl)cc1.Cl. The van der Waals surface area contributed by atoms with Crippen LogP contribution in [-0.4, -0.2) is 54.8 Å². The van der Waals surface area contributed by atoms with Gasteiger partial charge in [-0.25, -0.2) is 0 Å². The molecule has 5 nitrogen and oxygen atoms in total. The van der Waals surface area contributed by atoms with Crippen LogP contribution >= 0.6 is 24.0 Å². The lowest BCUT2D eigenvalue weighted by molar-refractivity contribution is -0.137. The molecule has 1 aromatic rings. The monoisotopic (exact) mass is 383 g/mol. The van der Waals surface area contributed by atoms with E-state index in [0.717, 1.165) is 18.4 Å². The summed E-state index contributed by atoms with van der Waals surface area (Å²) in [5.74, 6) is 2.29. The molecule has 0 unspecified atom stereocenters.